The number of hydrogen-bond acceptors (Lipinski definition) is 6. The molecule has 0 saturated carbocycles. The van der Waals surface area contributed by atoms with Gasteiger partial charge in [0, 0.05) is 6.54 Å². The fraction of sp³-hybridized carbons (Fsp3) is 0.182. The number of para-hydroxylation sites is 1. The Morgan fingerprint density at radius 2 is 1.79 bits per heavy atom. The average molecular weight is 395 g/mol. The summed E-state index contributed by atoms with van der Waals surface area (Å²) in [6, 6.07) is 17.6. The van der Waals surface area contributed by atoms with Gasteiger partial charge in [0.2, 0.25) is 0 Å². The van der Waals surface area contributed by atoms with Crippen LogP contribution < -0.4 is 14.8 Å². The number of carbonyl (C=O) groups is 2. The first-order chi connectivity index (χ1) is 14.1. The smallest absolute Gasteiger partial charge is 0.341 e. The minimum absolute atomic E-state index is 0.179. The molecular weight excluding hydrogens is 374 g/mol. The third-order valence-electron chi connectivity index (χ3n) is 4.13. The van der Waals surface area contributed by atoms with Crippen LogP contribution in [-0.2, 0) is 17.9 Å². The number of esters is 1. The largest absolute Gasteiger partial charge is 0.496 e. The lowest BCUT2D eigenvalue weighted by Crippen LogP contribution is -2.22. The van der Waals surface area contributed by atoms with Gasteiger partial charge in [-0.2, -0.15) is 0 Å². The topological polar surface area (TPSA) is 87.0 Å². The number of rotatable bonds is 8. The van der Waals surface area contributed by atoms with E-state index in [0.717, 1.165) is 11.3 Å². The predicted octanol–water partition coefficient (Wildman–Crippen LogP) is 3.58. The van der Waals surface area contributed by atoms with Crippen molar-refractivity contribution in [3.05, 3.63) is 83.3 Å². The predicted molar refractivity (Wildman–Crippen MR) is 105 cm³/mol. The molecule has 1 amide bonds. The second-order valence-corrected chi connectivity index (χ2v) is 6.08. The lowest BCUT2D eigenvalue weighted by molar-refractivity contribution is 0.0597. The number of benzene rings is 2. The monoisotopic (exact) mass is 395 g/mol. The summed E-state index contributed by atoms with van der Waals surface area (Å²) in [4.78, 5) is 24.2. The Morgan fingerprint density at radius 3 is 2.52 bits per heavy atom. The van der Waals surface area contributed by atoms with Gasteiger partial charge in [0.25, 0.3) is 5.91 Å². The molecule has 0 unspecified atom stereocenters. The van der Waals surface area contributed by atoms with Crippen LogP contribution >= 0.6 is 0 Å². The van der Waals surface area contributed by atoms with Gasteiger partial charge in [0.15, 0.2) is 5.76 Å². The van der Waals surface area contributed by atoms with E-state index in [2.05, 4.69) is 5.32 Å². The molecule has 0 atom stereocenters. The van der Waals surface area contributed by atoms with Gasteiger partial charge in [0.05, 0.1) is 14.2 Å². The van der Waals surface area contributed by atoms with Crippen molar-refractivity contribution in [3.8, 4) is 11.5 Å². The van der Waals surface area contributed by atoms with E-state index < -0.39 is 5.97 Å². The van der Waals surface area contributed by atoms with Crippen LogP contribution in [0.15, 0.2) is 65.1 Å². The SMILES string of the molecule is COC(=O)c1cc(CNC(=O)c2ccc(COc3ccccc3)o2)ccc1OC. The molecule has 0 saturated heterocycles. The van der Waals surface area contributed by atoms with Crippen LogP contribution in [0.4, 0.5) is 0 Å². The van der Waals surface area contributed by atoms with Gasteiger partial charge in [-0.1, -0.05) is 24.3 Å². The number of hydrogen-bond donors (Lipinski definition) is 1. The number of furan rings is 1. The second-order valence-electron chi connectivity index (χ2n) is 6.08. The Kier molecular flexibility index (Phi) is 6.52. The van der Waals surface area contributed by atoms with Crippen LogP contribution in [0.25, 0.3) is 0 Å². The summed E-state index contributed by atoms with van der Waals surface area (Å²) in [5.74, 6) is 0.960. The van der Waals surface area contributed by atoms with Crippen molar-refractivity contribution in [2.24, 2.45) is 0 Å². The standard InChI is InChI=1S/C22H21NO6/c1-26-19-10-8-15(12-18(19)22(25)27-2)13-23-21(24)20-11-9-17(29-20)14-28-16-6-4-3-5-7-16/h3-12H,13-14H2,1-2H3,(H,23,24). The Balaban J connectivity index is 1.58. The number of methoxy groups -OCH3 is 2. The maximum Gasteiger partial charge on any atom is 0.341 e. The molecule has 0 bridgehead atoms. The molecular formula is C22H21NO6. The number of amides is 1. The first-order valence-electron chi connectivity index (χ1n) is 8.90. The van der Waals surface area contributed by atoms with Crippen molar-refractivity contribution in [2.75, 3.05) is 14.2 Å². The van der Waals surface area contributed by atoms with Crippen LogP contribution in [0.3, 0.4) is 0 Å². The molecule has 0 aliphatic rings. The maximum absolute atomic E-state index is 12.3. The van der Waals surface area contributed by atoms with Crippen molar-refractivity contribution in [2.45, 2.75) is 13.2 Å². The van der Waals surface area contributed by atoms with E-state index in [9.17, 15) is 9.59 Å². The summed E-state index contributed by atoms with van der Waals surface area (Å²) in [7, 11) is 2.77. The van der Waals surface area contributed by atoms with E-state index >= 15 is 0 Å². The van der Waals surface area contributed by atoms with E-state index in [1.807, 2.05) is 30.3 Å². The fourth-order valence-corrected chi connectivity index (χ4v) is 2.65. The molecule has 2 aromatic carbocycles. The zero-order valence-electron chi connectivity index (χ0n) is 16.1. The molecule has 0 radical (unpaired) electrons. The van der Waals surface area contributed by atoms with Crippen molar-refractivity contribution < 1.29 is 28.2 Å². The lowest BCUT2D eigenvalue weighted by atomic mass is 10.1. The number of carbonyl (C=O) groups excluding carboxylic acids is 2. The molecule has 0 spiro atoms. The Bertz CT molecular complexity index is 980. The summed E-state index contributed by atoms with van der Waals surface area (Å²) in [5.41, 5.74) is 1.01. The van der Waals surface area contributed by atoms with E-state index in [1.54, 1.807) is 30.3 Å². The molecule has 3 rings (SSSR count). The van der Waals surface area contributed by atoms with E-state index in [0.29, 0.717) is 17.1 Å². The molecule has 29 heavy (non-hydrogen) atoms. The molecule has 0 aliphatic heterocycles. The van der Waals surface area contributed by atoms with Crippen molar-refractivity contribution in [1.29, 1.82) is 0 Å². The van der Waals surface area contributed by atoms with Crippen LogP contribution in [0.5, 0.6) is 11.5 Å². The van der Waals surface area contributed by atoms with Crippen LogP contribution in [0.2, 0.25) is 0 Å². The summed E-state index contributed by atoms with van der Waals surface area (Å²) < 4.78 is 21.1. The summed E-state index contributed by atoms with van der Waals surface area (Å²) in [5, 5.41) is 2.76. The zero-order valence-corrected chi connectivity index (χ0v) is 16.1. The number of nitrogens with one attached hydrogen (secondary N) is 1. The van der Waals surface area contributed by atoms with E-state index in [4.69, 9.17) is 18.6 Å². The fourth-order valence-electron chi connectivity index (χ4n) is 2.65. The van der Waals surface area contributed by atoms with Gasteiger partial charge in [-0.05, 0) is 42.0 Å². The molecule has 0 fully saturated rings. The average Bonchev–Trinajstić information content (AvgIpc) is 3.25. The lowest BCUT2D eigenvalue weighted by Gasteiger charge is -2.10. The highest BCUT2D eigenvalue weighted by Gasteiger charge is 2.15. The van der Waals surface area contributed by atoms with E-state index in [-0.39, 0.29) is 24.8 Å². The van der Waals surface area contributed by atoms with Crippen molar-refractivity contribution in [1.82, 2.24) is 5.32 Å². The molecule has 7 heteroatoms. The summed E-state index contributed by atoms with van der Waals surface area (Å²) in [6.07, 6.45) is 0. The number of ether oxygens (including phenoxy) is 3. The van der Waals surface area contributed by atoms with Crippen LogP contribution in [0, 0.1) is 0 Å². The minimum Gasteiger partial charge on any atom is -0.496 e. The van der Waals surface area contributed by atoms with Gasteiger partial charge < -0.3 is 23.9 Å². The Labute approximate surface area is 168 Å². The van der Waals surface area contributed by atoms with Gasteiger partial charge in [-0.3, -0.25) is 4.79 Å². The maximum atomic E-state index is 12.3. The molecule has 3 aromatic rings. The molecule has 1 heterocycles. The van der Waals surface area contributed by atoms with Gasteiger partial charge in [0.1, 0.15) is 29.4 Å². The molecule has 7 nitrogen and oxygen atoms in total. The first kappa shape index (κ1) is 20.0. The van der Waals surface area contributed by atoms with Crippen LogP contribution in [0.1, 0.15) is 32.2 Å². The van der Waals surface area contributed by atoms with Crippen molar-refractivity contribution in [3.63, 3.8) is 0 Å². The molecule has 150 valence electrons. The minimum atomic E-state index is -0.510. The quantitative estimate of drug-likeness (QED) is 0.587. The Hall–Kier alpha value is -3.74. The third kappa shape index (κ3) is 5.16. The normalized spacial score (nSPS) is 10.3. The molecule has 1 N–H and O–H groups in total. The van der Waals surface area contributed by atoms with E-state index in [1.165, 1.54) is 14.2 Å². The molecule has 1 aromatic heterocycles. The third-order valence-corrected chi connectivity index (χ3v) is 4.13. The highest BCUT2D eigenvalue weighted by atomic mass is 16.5. The molecule has 0 aliphatic carbocycles. The van der Waals surface area contributed by atoms with Crippen LogP contribution in [-0.4, -0.2) is 26.1 Å². The van der Waals surface area contributed by atoms with Gasteiger partial charge in [-0.15, -0.1) is 0 Å². The summed E-state index contributed by atoms with van der Waals surface area (Å²) >= 11 is 0. The van der Waals surface area contributed by atoms with Crippen molar-refractivity contribution >= 4 is 11.9 Å². The summed E-state index contributed by atoms with van der Waals surface area (Å²) in [6.45, 7) is 0.432. The van der Waals surface area contributed by atoms with Gasteiger partial charge in [-0.25, -0.2) is 4.79 Å². The zero-order chi connectivity index (χ0) is 20.6. The highest BCUT2D eigenvalue weighted by Crippen LogP contribution is 2.21. The Morgan fingerprint density at radius 1 is 1.00 bits per heavy atom. The van der Waals surface area contributed by atoms with Gasteiger partial charge >= 0.3 is 5.97 Å². The first-order valence-corrected chi connectivity index (χ1v) is 8.90. The second kappa shape index (κ2) is 9.45. The highest BCUT2D eigenvalue weighted by molar-refractivity contribution is 5.93.